The summed E-state index contributed by atoms with van der Waals surface area (Å²) in [6, 6.07) is 65.0. The van der Waals surface area contributed by atoms with Crippen LogP contribution < -0.4 is 0 Å². The summed E-state index contributed by atoms with van der Waals surface area (Å²) in [5, 5.41) is 10.3. The van der Waals surface area contributed by atoms with Crippen LogP contribution in [0.25, 0.3) is 110 Å². The van der Waals surface area contributed by atoms with Crippen LogP contribution in [0.4, 0.5) is 0 Å². The van der Waals surface area contributed by atoms with E-state index in [1.807, 2.05) is 0 Å². The lowest BCUT2D eigenvalue weighted by Gasteiger charge is -2.27. The molecule has 10 aromatic rings. The lowest BCUT2D eigenvalue weighted by Crippen LogP contribution is -2.11. The Balaban J connectivity index is 1.43. The smallest absolute Gasteiger partial charge is 0.000696 e. The molecule has 0 unspecified atom stereocenters. The van der Waals surface area contributed by atoms with Gasteiger partial charge in [0, 0.05) is 0 Å². The Morgan fingerprint density at radius 1 is 0.274 bits per heavy atom. The number of aryl methyl sites for hydroxylation is 2. The topological polar surface area (TPSA) is 0 Å². The number of rotatable bonds is 4. The zero-order chi connectivity index (χ0) is 42.7. The van der Waals surface area contributed by atoms with Gasteiger partial charge in [0.1, 0.15) is 0 Å². The van der Waals surface area contributed by atoms with E-state index < -0.39 is 0 Å². The molecule has 0 N–H and O–H groups in total. The molecule has 0 aromatic heterocycles. The highest BCUT2D eigenvalue weighted by molar-refractivity contribution is 6.32. The zero-order valence-corrected chi connectivity index (χ0v) is 37.2. The lowest BCUT2D eigenvalue weighted by molar-refractivity contribution is 0.590. The maximum Gasteiger partial charge on any atom is -0.000696 e. The summed E-state index contributed by atoms with van der Waals surface area (Å²) in [5.74, 6) is 0. The molecule has 0 aliphatic heterocycles. The van der Waals surface area contributed by atoms with Crippen LogP contribution in [0.2, 0.25) is 0 Å². The van der Waals surface area contributed by atoms with Crippen molar-refractivity contribution in [1.29, 1.82) is 0 Å². The zero-order valence-electron chi connectivity index (χ0n) is 37.2. The minimum absolute atomic E-state index is 0.0544. The van der Waals surface area contributed by atoms with Crippen molar-refractivity contribution in [3.8, 4) is 66.8 Å². The monoisotopic (exact) mass is 796 g/mol. The fourth-order valence-corrected chi connectivity index (χ4v) is 10.5. The molecule has 0 bridgehead atoms. The van der Waals surface area contributed by atoms with E-state index in [9.17, 15) is 0 Å². The van der Waals surface area contributed by atoms with Crippen molar-refractivity contribution in [2.45, 2.75) is 66.2 Å². The van der Waals surface area contributed by atoms with Gasteiger partial charge >= 0.3 is 0 Å². The third kappa shape index (κ3) is 5.88. The number of benzene rings is 10. The minimum Gasteiger partial charge on any atom is -0.0620 e. The average molecular weight is 797 g/mol. The van der Waals surface area contributed by atoms with Gasteiger partial charge in [0.05, 0.1) is 0 Å². The molecule has 0 atom stereocenters. The van der Waals surface area contributed by atoms with Crippen LogP contribution in [-0.2, 0) is 10.8 Å². The SMILES string of the molecule is Cc1ccccc1-c1ccc(C(C)(C)C)cc1-c1c2c(c(-c3cc(C(C)(C)C)ccc3-c3ccccc3C)c3cc4ccccc4cc13)-c1cc3ccccc3c3cccc-2c13. The van der Waals surface area contributed by atoms with Gasteiger partial charge < -0.3 is 0 Å². The number of fused-ring (bicyclic) bond motifs is 7. The van der Waals surface area contributed by atoms with E-state index >= 15 is 0 Å². The van der Waals surface area contributed by atoms with Gasteiger partial charge in [0.2, 0.25) is 0 Å². The molecule has 300 valence electrons. The molecule has 0 heterocycles. The second kappa shape index (κ2) is 13.9. The molecular weight excluding hydrogens is 745 g/mol. The van der Waals surface area contributed by atoms with E-state index in [1.165, 1.54) is 132 Å². The second-order valence-electron chi connectivity index (χ2n) is 19.8. The van der Waals surface area contributed by atoms with Gasteiger partial charge in [0.25, 0.3) is 0 Å². The van der Waals surface area contributed by atoms with E-state index in [4.69, 9.17) is 0 Å². The van der Waals surface area contributed by atoms with E-state index in [2.05, 4.69) is 225 Å². The van der Waals surface area contributed by atoms with Crippen LogP contribution in [0.15, 0.2) is 170 Å². The van der Waals surface area contributed by atoms with Crippen LogP contribution in [0.5, 0.6) is 0 Å². The Bertz CT molecular complexity index is 3490. The summed E-state index contributed by atoms with van der Waals surface area (Å²) in [7, 11) is 0. The first-order valence-electron chi connectivity index (χ1n) is 22.3. The first-order valence-corrected chi connectivity index (χ1v) is 22.3. The van der Waals surface area contributed by atoms with E-state index in [1.54, 1.807) is 0 Å². The number of hydrogen-bond donors (Lipinski definition) is 0. The first kappa shape index (κ1) is 38.2. The summed E-state index contributed by atoms with van der Waals surface area (Å²) in [5.41, 5.74) is 20.7. The first-order chi connectivity index (χ1) is 29.9. The highest BCUT2D eigenvalue weighted by Gasteiger charge is 2.34. The van der Waals surface area contributed by atoms with Crippen molar-refractivity contribution in [3.05, 3.63) is 192 Å². The largest absolute Gasteiger partial charge is 0.0620 e. The van der Waals surface area contributed by atoms with Crippen LogP contribution in [0.1, 0.15) is 63.8 Å². The quantitative estimate of drug-likeness (QED) is 0.123. The van der Waals surface area contributed by atoms with Crippen molar-refractivity contribution in [2.75, 3.05) is 0 Å². The Labute approximate surface area is 366 Å². The van der Waals surface area contributed by atoms with Crippen LogP contribution in [0.3, 0.4) is 0 Å². The van der Waals surface area contributed by atoms with Crippen molar-refractivity contribution >= 4 is 43.1 Å². The Kier molecular flexibility index (Phi) is 8.55. The summed E-state index contributed by atoms with van der Waals surface area (Å²) < 4.78 is 0. The van der Waals surface area contributed by atoms with E-state index in [-0.39, 0.29) is 10.8 Å². The Hall–Kier alpha value is -6.76. The van der Waals surface area contributed by atoms with Crippen molar-refractivity contribution < 1.29 is 0 Å². The predicted octanol–water partition coefficient (Wildman–Crippen LogP) is 17.8. The van der Waals surface area contributed by atoms with Gasteiger partial charge in [-0.05, 0) is 187 Å². The molecule has 0 amide bonds. The van der Waals surface area contributed by atoms with E-state index in [0.717, 1.165) is 0 Å². The summed E-state index contributed by atoms with van der Waals surface area (Å²) >= 11 is 0. The van der Waals surface area contributed by atoms with Crippen LogP contribution in [-0.4, -0.2) is 0 Å². The maximum absolute atomic E-state index is 2.53. The van der Waals surface area contributed by atoms with Gasteiger partial charge in [-0.3, -0.25) is 0 Å². The molecule has 10 aromatic carbocycles. The van der Waals surface area contributed by atoms with E-state index in [0.29, 0.717) is 0 Å². The summed E-state index contributed by atoms with van der Waals surface area (Å²) in [6.45, 7) is 18.6. The molecule has 0 saturated carbocycles. The predicted molar refractivity (Wildman–Crippen MR) is 270 cm³/mol. The minimum atomic E-state index is -0.0559. The number of hydrogen-bond acceptors (Lipinski definition) is 0. The van der Waals surface area contributed by atoms with Crippen molar-refractivity contribution in [1.82, 2.24) is 0 Å². The average Bonchev–Trinajstić information content (AvgIpc) is 3.58. The van der Waals surface area contributed by atoms with Crippen molar-refractivity contribution in [2.24, 2.45) is 0 Å². The standard InChI is InChI=1S/C62H52/c1-37-18-9-14-23-44(37)47-30-28-42(61(3,4)5)35-53(47)57-51-32-39-20-11-12-21-40(39)33-52(51)58(54-36-43(62(6,7)8)29-31-48(54)45-24-15-10-19-38(45)2)60-55-34-41-22-13-16-25-46(41)49-26-17-27-50(56(49)55)59(57)60/h9-36H,1-8H3. The van der Waals surface area contributed by atoms with Crippen LogP contribution in [0, 0.1) is 13.8 Å². The second-order valence-corrected chi connectivity index (χ2v) is 19.8. The maximum atomic E-state index is 2.53. The molecule has 0 nitrogen and oxygen atoms in total. The summed E-state index contributed by atoms with van der Waals surface area (Å²) in [4.78, 5) is 0. The molecule has 1 aliphatic rings. The normalized spacial score (nSPS) is 12.5. The van der Waals surface area contributed by atoms with Crippen LogP contribution >= 0.6 is 0 Å². The third-order valence-corrected chi connectivity index (χ3v) is 13.8. The fourth-order valence-electron chi connectivity index (χ4n) is 10.5. The third-order valence-electron chi connectivity index (χ3n) is 13.8. The lowest BCUT2D eigenvalue weighted by atomic mass is 9.76. The molecule has 1 aliphatic carbocycles. The molecule has 0 heteroatoms. The molecule has 0 spiro atoms. The van der Waals surface area contributed by atoms with Gasteiger partial charge in [-0.25, -0.2) is 0 Å². The van der Waals surface area contributed by atoms with Gasteiger partial charge in [-0.15, -0.1) is 0 Å². The summed E-state index contributed by atoms with van der Waals surface area (Å²) in [6.07, 6.45) is 0. The molecule has 0 radical (unpaired) electrons. The molecule has 62 heavy (non-hydrogen) atoms. The highest BCUT2D eigenvalue weighted by atomic mass is 14.4. The van der Waals surface area contributed by atoms with Gasteiger partial charge in [0.15, 0.2) is 0 Å². The highest BCUT2D eigenvalue weighted by Crippen LogP contribution is 2.61. The van der Waals surface area contributed by atoms with Gasteiger partial charge in [-0.2, -0.15) is 0 Å². The Morgan fingerprint density at radius 2 is 0.710 bits per heavy atom. The Morgan fingerprint density at radius 3 is 1.23 bits per heavy atom. The molecule has 11 rings (SSSR count). The molecule has 0 fully saturated rings. The van der Waals surface area contributed by atoms with Crippen molar-refractivity contribution in [3.63, 3.8) is 0 Å². The van der Waals surface area contributed by atoms with Gasteiger partial charge in [-0.1, -0.05) is 181 Å². The molecular formula is C62H52. The molecule has 0 saturated heterocycles. The fraction of sp³-hybridized carbons (Fsp3) is 0.161.